The van der Waals surface area contributed by atoms with Gasteiger partial charge in [-0.2, -0.15) is 0 Å². The number of hydrogen-bond donors (Lipinski definition) is 1. The Balaban J connectivity index is 1.69. The second-order valence-corrected chi connectivity index (χ2v) is 8.24. The number of aryl methyl sites for hydroxylation is 1. The van der Waals surface area contributed by atoms with Gasteiger partial charge in [-0.1, -0.05) is 24.3 Å². The van der Waals surface area contributed by atoms with E-state index in [4.69, 9.17) is 13.9 Å². The summed E-state index contributed by atoms with van der Waals surface area (Å²) in [6.07, 6.45) is 3.30. The van der Waals surface area contributed by atoms with Crippen LogP contribution in [0.15, 0.2) is 71.4 Å². The summed E-state index contributed by atoms with van der Waals surface area (Å²) in [5.74, 6) is 0.922. The van der Waals surface area contributed by atoms with Crippen molar-refractivity contribution >= 4 is 22.4 Å². The van der Waals surface area contributed by atoms with Crippen molar-refractivity contribution in [1.29, 1.82) is 0 Å². The number of benzene rings is 3. The van der Waals surface area contributed by atoms with Gasteiger partial charge in [0.1, 0.15) is 22.9 Å². The van der Waals surface area contributed by atoms with E-state index < -0.39 is 0 Å². The number of allylic oxidation sites excluding steroid dienone is 1. The van der Waals surface area contributed by atoms with Gasteiger partial charge in [-0.05, 0) is 67.8 Å². The number of halogens is 1. The number of ether oxygens (including phenoxy) is 2. The minimum absolute atomic E-state index is 0.241. The van der Waals surface area contributed by atoms with Gasteiger partial charge < -0.3 is 19.2 Å². The van der Waals surface area contributed by atoms with Crippen LogP contribution in [-0.2, 0) is 11.3 Å². The molecule has 1 amide bonds. The lowest BCUT2D eigenvalue weighted by Crippen LogP contribution is -2.20. The summed E-state index contributed by atoms with van der Waals surface area (Å²) in [4.78, 5) is 12.7. The molecular formula is C29H28FNO4. The number of carbonyl (C=O) groups is 1. The van der Waals surface area contributed by atoms with E-state index in [9.17, 15) is 9.18 Å². The monoisotopic (exact) mass is 473 g/mol. The molecule has 3 aromatic carbocycles. The molecule has 6 heteroatoms. The predicted molar refractivity (Wildman–Crippen MR) is 136 cm³/mol. The van der Waals surface area contributed by atoms with Crippen molar-refractivity contribution < 1.29 is 23.1 Å². The molecule has 0 aliphatic heterocycles. The van der Waals surface area contributed by atoms with E-state index in [1.54, 1.807) is 31.6 Å². The summed E-state index contributed by atoms with van der Waals surface area (Å²) >= 11 is 0. The normalized spacial score (nSPS) is 11.5. The van der Waals surface area contributed by atoms with Gasteiger partial charge in [0.05, 0.1) is 20.0 Å². The van der Waals surface area contributed by atoms with Crippen molar-refractivity contribution in [2.45, 2.75) is 27.3 Å². The maximum Gasteiger partial charge on any atom is 0.244 e. The number of rotatable bonds is 8. The number of carbonyl (C=O) groups excluding carboxylic acids is 1. The minimum Gasteiger partial charge on any atom is -0.497 e. The molecule has 0 aliphatic rings. The summed E-state index contributed by atoms with van der Waals surface area (Å²) < 4.78 is 30.3. The highest BCUT2D eigenvalue weighted by Gasteiger charge is 2.19. The minimum atomic E-state index is -0.307. The highest BCUT2D eigenvalue weighted by Crippen LogP contribution is 2.41. The summed E-state index contributed by atoms with van der Waals surface area (Å²) in [6.45, 7) is 6.55. The number of furan rings is 1. The van der Waals surface area contributed by atoms with E-state index in [2.05, 4.69) is 5.32 Å². The van der Waals surface area contributed by atoms with E-state index in [0.29, 0.717) is 18.9 Å². The molecule has 1 N–H and O–H groups in total. The molecule has 0 bridgehead atoms. The molecule has 1 heterocycles. The number of nitrogens with one attached hydrogen (secondary N) is 1. The SMILES string of the molecule is CCOc1c(/C(C)=C/C(=O)NCc2ccc(F)cc2)cc2c(-c3ccc(OC)cc3)coc2c1C. The Labute approximate surface area is 204 Å². The zero-order valence-electron chi connectivity index (χ0n) is 20.3. The van der Waals surface area contributed by atoms with Crippen LogP contribution in [0.5, 0.6) is 11.5 Å². The van der Waals surface area contributed by atoms with Crippen LogP contribution in [0.3, 0.4) is 0 Å². The molecule has 0 radical (unpaired) electrons. The standard InChI is InChI=1S/C29H28FNO4/c1-5-34-28-19(3)29-25(26(17-35-29)21-8-12-23(33-4)13-9-21)15-24(28)18(2)14-27(32)31-16-20-6-10-22(30)11-7-20/h6-15,17H,5,16H2,1-4H3,(H,31,32)/b18-14+. The van der Waals surface area contributed by atoms with Crippen LogP contribution in [-0.4, -0.2) is 19.6 Å². The van der Waals surface area contributed by atoms with Crippen molar-refractivity contribution in [3.8, 4) is 22.6 Å². The number of amides is 1. The van der Waals surface area contributed by atoms with Gasteiger partial charge in [0.25, 0.3) is 0 Å². The lowest BCUT2D eigenvalue weighted by atomic mass is 9.96. The predicted octanol–water partition coefficient (Wildman–Crippen LogP) is 6.67. The smallest absolute Gasteiger partial charge is 0.244 e. The van der Waals surface area contributed by atoms with Crippen LogP contribution >= 0.6 is 0 Å². The number of methoxy groups -OCH3 is 1. The second-order valence-electron chi connectivity index (χ2n) is 8.24. The van der Waals surface area contributed by atoms with E-state index >= 15 is 0 Å². The maximum absolute atomic E-state index is 13.1. The van der Waals surface area contributed by atoms with Crippen LogP contribution in [0, 0.1) is 12.7 Å². The van der Waals surface area contributed by atoms with Crippen molar-refractivity contribution in [3.63, 3.8) is 0 Å². The number of fused-ring (bicyclic) bond motifs is 1. The average Bonchev–Trinajstić information content (AvgIpc) is 3.29. The highest BCUT2D eigenvalue weighted by molar-refractivity contribution is 6.01. The Kier molecular flexibility index (Phi) is 7.20. The first kappa shape index (κ1) is 24.1. The molecule has 4 aromatic rings. The van der Waals surface area contributed by atoms with E-state index in [-0.39, 0.29) is 11.7 Å². The third-order valence-electron chi connectivity index (χ3n) is 5.89. The topological polar surface area (TPSA) is 60.7 Å². The Hall–Kier alpha value is -4.06. The van der Waals surface area contributed by atoms with Gasteiger partial charge in [-0.25, -0.2) is 4.39 Å². The second kappa shape index (κ2) is 10.5. The van der Waals surface area contributed by atoms with Crippen LogP contribution in [0.1, 0.15) is 30.5 Å². The molecule has 0 saturated heterocycles. The zero-order chi connectivity index (χ0) is 24.9. The molecular weight excluding hydrogens is 445 g/mol. The average molecular weight is 474 g/mol. The van der Waals surface area contributed by atoms with Gasteiger partial charge in [0.15, 0.2) is 0 Å². The molecule has 35 heavy (non-hydrogen) atoms. The van der Waals surface area contributed by atoms with E-state index in [1.165, 1.54) is 12.1 Å². The molecule has 0 saturated carbocycles. The van der Waals surface area contributed by atoms with Crippen molar-refractivity contribution in [2.75, 3.05) is 13.7 Å². The first-order valence-electron chi connectivity index (χ1n) is 11.4. The van der Waals surface area contributed by atoms with Gasteiger partial charge in [0, 0.05) is 34.7 Å². The van der Waals surface area contributed by atoms with Crippen LogP contribution < -0.4 is 14.8 Å². The third kappa shape index (κ3) is 5.22. The van der Waals surface area contributed by atoms with Gasteiger partial charge in [-0.15, -0.1) is 0 Å². The van der Waals surface area contributed by atoms with E-state index in [0.717, 1.165) is 50.1 Å². The summed E-state index contributed by atoms with van der Waals surface area (Å²) in [7, 11) is 1.64. The summed E-state index contributed by atoms with van der Waals surface area (Å²) in [5.41, 5.74) is 5.97. The molecule has 0 fully saturated rings. The largest absolute Gasteiger partial charge is 0.497 e. The zero-order valence-corrected chi connectivity index (χ0v) is 20.3. The molecule has 180 valence electrons. The van der Waals surface area contributed by atoms with Crippen LogP contribution in [0.2, 0.25) is 0 Å². The van der Waals surface area contributed by atoms with Gasteiger partial charge in [-0.3, -0.25) is 4.79 Å². The molecule has 1 aromatic heterocycles. The quantitative estimate of drug-likeness (QED) is 0.290. The molecule has 0 atom stereocenters. The van der Waals surface area contributed by atoms with Crippen LogP contribution in [0.4, 0.5) is 4.39 Å². The Morgan fingerprint density at radius 3 is 2.49 bits per heavy atom. The summed E-state index contributed by atoms with van der Waals surface area (Å²) in [5, 5.41) is 3.79. The Morgan fingerprint density at radius 1 is 1.11 bits per heavy atom. The third-order valence-corrected chi connectivity index (χ3v) is 5.89. The molecule has 4 rings (SSSR count). The van der Waals surface area contributed by atoms with Gasteiger partial charge in [0.2, 0.25) is 5.91 Å². The fourth-order valence-corrected chi connectivity index (χ4v) is 4.05. The molecule has 0 unspecified atom stereocenters. The van der Waals surface area contributed by atoms with Crippen molar-refractivity contribution in [2.24, 2.45) is 0 Å². The van der Waals surface area contributed by atoms with Crippen molar-refractivity contribution in [3.05, 3.63) is 89.4 Å². The summed E-state index contributed by atoms with van der Waals surface area (Å²) in [6, 6.07) is 15.9. The molecule has 5 nitrogen and oxygen atoms in total. The first-order valence-corrected chi connectivity index (χ1v) is 11.4. The van der Waals surface area contributed by atoms with Crippen molar-refractivity contribution in [1.82, 2.24) is 5.32 Å². The molecule has 0 spiro atoms. The molecule has 0 aliphatic carbocycles. The van der Waals surface area contributed by atoms with Gasteiger partial charge >= 0.3 is 0 Å². The fourth-order valence-electron chi connectivity index (χ4n) is 4.05. The Bertz CT molecular complexity index is 1370. The van der Waals surface area contributed by atoms with E-state index in [1.807, 2.05) is 51.1 Å². The van der Waals surface area contributed by atoms with Crippen LogP contribution in [0.25, 0.3) is 27.7 Å². The highest BCUT2D eigenvalue weighted by atomic mass is 19.1. The fraction of sp³-hybridized carbons (Fsp3) is 0.207. The Morgan fingerprint density at radius 2 is 1.83 bits per heavy atom. The number of hydrogen-bond acceptors (Lipinski definition) is 4. The lowest BCUT2D eigenvalue weighted by Gasteiger charge is -2.15. The first-order chi connectivity index (χ1) is 16.9. The maximum atomic E-state index is 13.1. The lowest BCUT2D eigenvalue weighted by molar-refractivity contribution is -0.116.